The second-order valence-corrected chi connectivity index (χ2v) is 4.99. The lowest BCUT2D eigenvalue weighted by Crippen LogP contribution is -1.93. The van der Waals surface area contributed by atoms with E-state index in [0.29, 0.717) is 4.90 Å². The summed E-state index contributed by atoms with van der Waals surface area (Å²) in [4.78, 5) is 11.7. The van der Waals surface area contributed by atoms with Gasteiger partial charge >= 0.3 is 0 Å². The van der Waals surface area contributed by atoms with Gasteiger partial charge in [-0.25, -0.2) is 13.2 Å². The molecule has 2 aromatic carbocycles. The van der Waals surface area contributed by atoms with Gasteiger partial charge < -0.3 is 0 Å². The molecule has 0 aromatic heterocycles. The van der Waals surface area contributed by atoms with E-state index >= 15 is 0 Å². The van der Waals surface area contributed by atoms with Crippen molar-refractivity contribution >= 4 is 17.5 Å². The second-order valence-electron chi connectivity index (χ2n) is 3.88. The number of rotatable bonds is 3. The number of carbonyl (C=O) groups excluding carboxylic acids is 1. The lowest BCUT2D eigenvalue weighted by atomic mass is 10.1. The molecule has 2 rings (SSSR count). The zero-order chi connectivity index (χ0) is 14.0. The highest BCUT2D eigenvalue weighted by molar-refractivity contribution is 7.99. The summed E-state index contributed by atoms with van der Waals surface area (Å²) >= 11 is 0.965. The van der Waals surface area contributed by atoms with Gasteiger partial charge in [0.05, 0.1) is 0 Å². The predicted molar refractivity (Wildman–Crippen MR) is 66.9 cm³/mol. The molecule has 0 aliphatic rings. The van der Waals surface area contributed by atoms with Gasteiger partial charge in [-0.05, 0) is 37.3 Å². The smallest absolute Gasteiger partial charge is 0.159 e. The number of hydrogen-bond donors (Lipinski definition) is 0. The van der Waals surface area contributed by atoms with Gasteiger partial charge in [0.15, 0.2) is 17.4 Å². The van der Waals surface area contributed by atoms with Gasteiger partial charge in [-0.3, -0.25) is 4.79 Å². The molecule has 0 atom stereocenters. The van der Waals surface area contributed by atoms with Crippen molar-refractivity contribution in [3.8, 4) is 0 Å². The SMILES string of the molecule is CC(=O)c1ccc(Sc2ccc(F)c(F)c2)c(F)c1. The van der Waals surface area contributed by atoms with E-state index in [-0.39, 0.29) is 16.2 Å². The molecule has 0 radical (unpaired) electrons. The highest BCUT2D eigenvalue weighted by Crippen LogP contribution is 2.31. The molecule has 0 spiro atoms. The third kappa shape index (κ3) is 3.17. The molecule has 0 saturated carbocycles. The summed E-state index contributed by atoms with van der Waals surface area (Å²) in [7, 11) is 0. The van der Waals surface area contributed by atoms with Crippen LogP contribution in [-0.4, -0.2) is 5.78 Å². The molecular weight excluding hydrogens is 273 g/mol. The number of carbonyl (C=O) groups is 1. The van der Waals surface area contributed by atoms with Crippen LogP contribution in [0.3, 0.4) is 0 Å². The van der Waals surface area contributed by atoms with E-state index in [1.54, 1.807) is 0 Å². The highest BCUT2D eigenvalue weighted by Gasteiger charge is 2.09. The summed E-state index contributed by atoms with van der Waals surface area (Å²) in [6.07, 6.45) is 0. The Kier molecular flexibility index (Phi) is 3.95. The average Bonchev–Trinajstić information content (AvgIpc) is 2.36. The van der Waals surface area contributed by atoms with Crippen molar-refractivity contribution in [1.82, 2.24) is 0 Å². The van der Waals surface area contributed by atoms with Crippen LogP contribution in [0.5, 0.6) is 0 Å². The first kappa shape index (κ1) is 13.7. The predicted octanol–water partition coefficient (Wildman–Crippen LogP) is 4.46. The Balaban J connectivity index is 2.28. The maximum Gasteiger partial charge on any atom is 0.159 e. The normalized spacial score (nSPS) is 10.5. The van der Waals surface area contributed by atoms with E-state index in [0.717, 1.165) is 30.0 Å². The van der Waals surface area contributed by atoms with Crippen molar-refractivity contribution in [2.24, 2.45) is 0 Å². The van der Waals surface area contributed by atoms with Crippen LogP contribution >= 0.6 is 11.8 Å². The number of halogens is 3. The van der Waals surface area contributed by atoms with E-state index in [2.05, 4.69) is 0 Å². The second kappa shape index (κ2) is 5.48. The van der Waals surface area contributed by atoms with Gasteiger partial charge in [0.1, 0.15) is 5.82 Å². The fourth-order valence-corrected chi connectivity index (χ4v) is 2.31. The van der Waals surface area contributed by atoms with Gasteiger partial charge in [-0.1, -0.05) is 17.8 Å². The molecule has 0 N–H and O–H groups in total. The molecule has 1 nitrogen and oxygen atoms in total. The maximum absolute atomic E-state index is 13.7. The van der Waals surface area contributed by atoms with Crippen molar-refractivity contribution < 1.29 is 18.0 Å². The quantitative estimate of drug-likeness (QED) is 0.773. The van der Waals surface area contributed by atoms with Crippen molar-refractivity contribution in [1.29, 1.82) is 0 Å². The molecule has 0 amide bonds. The fourth-order valence-electron chi connectivity index (χ4n) is 1.47. The van der Waals surface area contributed by atoms with Crippen LogP contribution in [-0.2, 0) is 0 Å². The minimum absolute atomic E-state index is 0.233. The van der Waals surface area contributed by atoms with E-state index in [1.807, 2.05) is 0 Å². The van der Waals surface area contributed by atoms with Gasteiger partial charge in [-0.15, -0.1) is 0 Å². The molecule has 0 aliphatic carbocycles. The summed E-state index contributed by atoms with van der Waals surface area (Å²) in [5.41, 5.74) is 0.270. The van der Waals surface area contributed by atoms with Crippen molar-refractivity contribution in [3.05, 3.63) is 59.4 Å². The van der Waals surface area contributed by atoms with Crippen molar-refractivity contribution in [2.75, 3.05) is 0 Å². The molecule has 0 saturated heterocycles. The first-order chi connectivity index (χ1) is 8.97. The van der Waals surface area contributed by atoms with Gasteiger partial charge in [0.25, 0.3) is 0 Å². The fraction of sp³-hybridized carbons (Fsp3) is 0.0714. The number of hydrogen-bond acceptors (Lipinski definition) is 2. The molecule has 5 heteroatoms. The van der Waals surface area contributed by atoms with E-state index in [9.17, 15) is 18.0 Å². The minimum Gasteiger partial charge on any atom is -0.295 e. The summed E-state index contributed by atoms with van der Waals surface area (Å²) in [5, 5.41) is 0. The number of benzene rings is 2. The van der Waals surface area contributed by atoms with Crippen molar-refractivity contribution in [2.45, 2.75) is 16.7 Å². The zero-order valence-corrected chi connectivity index (χ0v) is 10.7. The van der Waals surface area contributed by atoms with Crippen LogP contribution in [0.25, 0.3) is 0 Å². The van der Waals surface area contributed by atoms with Crippen LogP contribution < -0.4 is 0 Å². The monoisotopic (exact) mass is 282 g/mol. The largest absolute Gasteiger partial charge is 0.295 e. The Labute approximate surface area is 112 Å². The summed E-state index contributed by atoms with van der Waals surface area (Å²) in [6, 6.07) is 7.41. The molecule has 0 unspecified atom stereocenters. The molecule has 2 aromatic rings. The number of ketones is 1. The zero-order valence-electron chi connectivity index (χ0n) is 9.91. The summed E-state index contributed by atoms with van der Waals surface area (Å²) in [5.74, 6) is -2.73. The molecule has 0 fully saturated rings. The van der Waals surface area contributed by atoms with Crippen LogP contribution in [0.4, 0.5) is 13.2 Å². The standard InChI is InChI=1S/C14H9F3OS/c1-8(18)9-2-5-14(13(17)6-9)19-10-3-4-11(15)12(16)7-10/h2-7H,1H3. The topological polar surface area (TPSA) is 17.1 Å². The van der Waals surface area contributed by atoms with E-state index in [1.165, 1.54) is 25.1 Å². The Morgan fingerprint density at radius 3 is 2.26 bits per heavy atom. The van der Waals surface area contributed by atoms with Gasteiger partial charge in [0, 0.05) is 15.4 Å². The third-order valence-corrected chi connectivity index (χ3v) is 3.50. The van der Waals surface area contributed by atoms with Crippen LogP contribution in [0.1, 0.15) is 17.3 Å². The third-order valence-electron chi connectivity index (χ3n) is 2.46. The number of Topliss-reactive ketones (excluding diaryl/α,β-unsaturated/α-hetero) is 1. The molecule has 0 bridgehead atoms. The molecule has 0 heterocycles. The Morgan fingerprint density at radius 2 is 1.68 bits per heavy atom. The highest BCUT2D eigenvalue weighted by atomic mass is 32.2. The van der Waals surface area contributed by atoms with E-state index in [4.69, 9.17) is 0 Å². The van der Waals surface area contributed by atoms with Crippen molar-refractivity contribution in [3.63, 3.8) is 0 Å². The average molecular weight is 282 g/mol. The first-order valence-electron chi connectivity index (χ1n) is 5.41. The van der Waals surface area contributed by atoms with Crippen LogP contribution in [0.2, 0.25) is 0 Å². The molecular formula is C14H9F3OS. The van der Waals surface area contributed by atoms with Gasteiger partial charge in [0.2, 0.25) is 0 Å². The summed E-state index contributed by atoms with van der Waals surface area (Å²) < 4.78 is 39.5. The summed E-state index contributed by atoms with van der Waals surface area (Å²) in [6.45, 7) is 1.34. The maximum atomic E-state index is 13.7. The molecule has 98 valence electrons. The van der Waals surface area contributed by atoms with E-state index < -0.39 is 17.5 Å². The minimum atomic E-state index is -0.981. The lowest BCUT2D eigenvalue weighted by Gasteiger charge is -2.05. The Bertz CT molecular complexity index is 641. The first-order valence-corrected chi connectivity index (χ1v) is 6.22. The van der Waals surface area contributed by atoms with Crippen LogP contribution in [0, 0.1) is 17.5 Å². The van der Waals surface area contributed by atoms with Crippen LogP contribution in [0.15, 0.2) is 46.2 Å². The van der Waals surface area contributed by atoms with Gasteiger partial charge in [-0.2, -0.15) is 0 Å². The Hall–Kier alpha value is -1.75. The molecule has 19 heavy (non-hydrogen) atoms. The molecule has 0 aliphatic heterocycles. The Morgan fingerprint density at radius 1 is 0.947 bits per heavy atom. The lowest BCUT2D eigenvalue weighted by molar-refractivity contribution is 0.101.